The first-order chi connectivity index (χ1) is 26.2. The summed E-state index contributed by atoms with van der Waals surface area (Å²) in [7, 11) is -8.49. The SMILES string of the molecule is CCCC(=O)Nc1ncnc2c1ncn2C1OC2COP(=O)(O)OC2C1OC(=O)CCC.Nc1ncnc2c1nc(Br)n2C1OC2COP(=O)(O)OC2C1O. The van der Waals surface area contributed by atoms with E-state index in [0.717, 1.165) is 0 Å². The smallest absolute Gasteiger partial charge is 0.455 e. The molecule has 4 fully saturated rings. The number of rotatable bonds is 8. The zero-order valence-electron chi connectivity index (χ0n) is 28.9. The summed E-state index contributed by atoms with van der Waals surface area (Å²) in [6.45, 7) is 3.33. The number of hydrogen-bond donors (Lipinski definition) is 5. The number of amides is 1. The number of fused-ring (bicyclic) bond motifs is 4. The number of phosphoric acid groups is 2. The number of aromatic nitrogens is 8. The second-order valence-corrected chi connectivity index (χ2v) is 16.0. The number of nitrogens with zero attached hydrogens (tertiary/aromatic N) is 8. The Hall–Kier alpha value is -3.58. The van der Waals surface area contributed by atoms with Gasteiger partial charge in [0.25, 0.3) is 0 Å². The number of carbonyl (C=O) groups is 2. The molecule has 0 spiro atoms. The van der Waals surface area contributed by atoms with Crippen LogP contribution in [0.15, 0.2) is 23.7 Å². The van der Waals surface area contributed by atoms with E-state index in [-0.39, 0.29) is 37.2 Å². The molecule has 4 aromatic heterocycles. The topological polar surface area (TPSA) is 319 Å². The first kappa shape index (κ1) is 39.6. The molecule has 55 heavy (non-hydrogen) atoms. The Morgan fingerprint density at radius 2 is 1.56 bits per heavy atom. The molecule has 0 radical (unpaired) electrons. The molecule has 4 saturated heterocycles. The maximum atomic E-state index is 12.3. The molecule has 24 nitrogen and oxygen atoms in total. The van der Waals surface area contributed by atoms with Crippen molar-refractivity contribution in [2.45, 2.75) is 88.6 Å². The monoisotopic (exact) mass is 876 g/mol. The number of carbonyl (C=O) groups excluding carboxylic acids is 2. The fourth-order valence-electron chi connectivity index (χ4n) is 6.31. The van der Waals surface area contributed by atoms with Gasteiger partial charge in [0.2, 0.25) is 5.91 Å². The summed E-state index contributed by atoms with van der Waals surface area (Å²) in [5.74, 6) is -0.289. The Morgan fingerprint density at radius 3 is 2.27 bits per heavy atom. The number of anilines is 2. The summed E-state index contributed by atoms with van der Waals surface area (Å²) in [6.07, 6.45) is -1.98. The summed E-state index contributed by atoms with van der Waals surface area (Å²) in [5, 5.41) is 13.2. The average molecular weight is 877 g/mol. The van der Waals surface area contributed by atoms with Crippen LogP contribution in [-0.2, 0) is 51.0 Å². The van der Waals surface area contributed by atoms with Gasteiger partial charge in [-0.2, -0.15) is 0 Å². The van der Waals surface area contributed by atoms with Crippen LogP contribution in [0.1, 0.15) is 52.0 Å². The molecule has 0 aliphatic carbocycles. The van der Waals surface area contributed by atoms with Crippen LogP contribution in [0, 0.1) is 0 Å². The number of nitrogen functional groups attached to an aromatic ring is 1. The number of imidazole rings is 2. The lowest BCUT2D eigenvalue weighted by molar-refractivity contribution is -0.158. The van der Waals surface area contributed by atoms with Crippen molar-refractivity contribution in [2.75, 3.05) is 24.3 Å². The first-order valence-corrected chi connectivity index (χ1v) is 20.6. The van der Waals surface area contributed by atoms with Crippen molar-refractivity contribution in [2.24, 2.45) is 0 Å². The Labute approximate surface area is 318 Å². The van der Waals surface area contributed by atoms with E-state index in [1.807, 2.05) is 13.8 Å². The van der Waals surface area contributed by atoms with E-state index in [2.05, 4.69) is 51.2 Å². The molecule has 10 atom stereocenters. The van der Waals surface area contributed by atoms with Gasteiger partial charge in [0, 0.05) is 12.8 Å². The highest BCUT2D eigenvalue weighted by Gasteiger charge is 2.56. The van der Waals surface area contributed by atoms with Gasteiger partial charge in [0.15, 0.2) is 57.3 Å². The number of halogens is 1. The van der Waals surface area contributed by atoms with Gasteiger partial charge < -0.3 is 40.2 Å². The second kappa shape index (κ2) is 15.8. The van der Waals surface area contributed by atoms with Crippen molar-refractivity contribution in [3.63, 3.8) is 0 Å². The largest absolute Gasteiger partial charge is 0.472 e. The second-order valence-electron chi connectivity index (χ2n) is 12.5. The number of hydrogen-bond acceptors (Lipinski definition) is 19. The number of esters is 1. The first-order valence-electron chi connectivity index (χ1n) is 16.8. The van der Waals surface area contributed by atoms with Gasteiger partial charge in [-0.05, 0) is 28.8 Å². The Bertz CT molecular complexity index is 2190. The summed E-state index contributed by atoms with van der Waals surface area (Å²) in [6, 6.07) is 0. The third-order valence-corrected chi connectivity index (χ3v) is 11.2. The maximum Gasteiger partial charge on any atom is 0.472 e. The lowest BCUT2D eigenvalue weighted by Crippen LogP contribution is -2.41. The normalized spacial score (nSPS) is 32.8. The maximum absolute atomic E-state index is 12.3. The molecule has 4 aromatic rings. The van der Waals surface area contributed by atoms with Crippen molar-refractivity contribution in [1.82, 2.24) is 39.0 Å². The van der Waals surface area contributed by atoms with E-state index in [0.29, 0.717) is 46.3 Å². The minimum atomic E-state index is -4.30. The number of nitrogens with two attached hydrogens (primary N) is 1. The van der Waals surface area contributed by atoms with Crippen molar-refractivity contribution in [3.8, 4) is 0 Å². The van der Waals surface area contributed by atoms with Crippen molar-refractivity contribution >= 4 is 77.4 Å². The molecule has 8 heterocycles. The zero-order valence-corrected chi connectivity index (χ0v) is 32.2. The van der Waals surface area contributed by atoms with Crippen LogP contribution in [0.4, 0.5) is 11.6 Å². The molecule has 6 N–H and O–H groups in total. The van der Waals surface area contributed by atoms with E-state index in [4.69, 9.17) is 38.0 Å². The standard InChI is InChI=1S/C18H24N5O8P.C10H11BrN5O6P/c1-3-5-11(24)22-16-13-17(20-8-19-16)23(9-21-13)18-15(30-12(25)6-4-2)14-10(29-18)7-28-32(26,27)31-14;11-10-15-4-7(12)13-2-14-8(4)16(10)9-5(17)6-3(21-9)1-20-23(18,19)22-6/h8-10,14-15,18H,3-7H2,1-2H3,(H,26,27)(H,19,20,22,24);2-3,5-6,9,17H,1H2,(H,18,19)(H2,12,13,14). The predicted octanol–water partition coefficient (Wildman–Crippen LogP) is 1.64. The van der Waals surface area contributed by atoms with E-state index in [1.165, 1.54) is 28.1 Å². The molecule has 27 heteroatoms. The number of aliphatic hydroxyl groups excluding tert-OH is 1. The number of nitrogens with one attached hydrogen (secondary N) is 1. The number of phosphoric ester groups is 2. The minimum Gasteiger partial charge on any atom is -0.455 e. The summed E-state index contributed by atoms with van der Waals surface area (Å²) < 4.78 is 63.7. The van der Waals surface area contributed by atoms with E-state index >= 15 is 0 Å². The van der Waals surface area contributed by atoms with Gasteiger partial charge in [0.05, 0.1) is 19.5 Å². The minimum absolute atomic E-state index is 0.161. The molecule has 1 amide bonds. The summed E-state index contributed by atoms with van der Waals surface area (Å²) >= 11 is 3.26. The van der Waals surface area contributed by atoms with E-state index in [9.17, 15) is 33.6 Å². The van der Waals surface area contributed by atoms with Crippen LogP contribution in [-0.4, -0.2) is 116 Å². The average Bonchev–Trinajstić information content (AvgIpc) is 3.87. The third kappa shape index (κ3) is 8.02. The Kier molecular flexibility index (Phi) is 11.4. The Morgan fingerprint density at radius 1 is 0.927 bits per heavy atom. The van der Waals surface area contributed by atoms with Crippen molar-refractivity contribution in [3.05, 3.63) is 23.7 Å². The van der Waals surface area contributed by atoms with Crippen LogP contribution in [0.5, 0.6) is 0 Å². The quantitative estimate of drug-likeness (QED) is 0.0954. The number of aliphatic hydroxyl groups is 1. The fraction of sp³-hybridized carbons (Fsp3) is 0.571. The van der Waals surface area contributed by atoms with Gasteiger partial charge in [0.1, 0.15) is 43.2 Å². The van der Waals surface area contributed by atoms with Gasteiger partial charge in [-0.1, -0.05) is 13.8 Å². The van der Waals surface area contributed by atoms with Crippen LogP contribution in [0.3, 0.4) is 0 Å². The number of ether oxygens (including phenoxy) is 3. The third-order valence-electron chi connectivity index (χ3n) is 8.71. The van der Waals surface area contributed by atoms with Crippen LogP contribution in [0.25, 0.3) is 22.3 Å². The summed E-state index contributed by atoms with van der Waals surface area (Å²) in [4.78, 5) is 68.2. The van der Waals surface area contributed by atoms with Gasteiger partial charge in [-0.3, -0.25) is 36.8 Å². The van der Waals surface area contributed by atoms with Crippen LogP contribution >= 0.6 is 31.6 Å². The molecule has 0 aromatic carbocycles. The van der Waals surface area contributed by atoms with E-state index in [1.54, 1.807) is 0 Å². The molecular formula is C28H35BrN10O14P2. The molecule has 298 valence electrons. The van der Waals surface area contributed by atoms with Gasteiger partial charge in [-0.15, -0.1) is 0 Å². The summed E-state index contributed by atoms with van der Waals surface area (Å²) in [5.41, 5.74) is 7.09. The van der Waals surface area contributed by atoms with Gasteiger partial charge in [-0.25, -0.2) is 39.0 Å². The van der Waals surface area contributed by atoms with Crippen LogP contribution in [0.2, 0.25) is 0 Å². The molecule has 8 rings (SSSR count). The highest BCUT2D eigenvalue weighted by atomic mass is 79.9. The molecule has 10 unspecified atom stereocenters. The lowest BCUT2D eigenvalue weighted by Gasteiger charge is -2.29. The fourth-order valence-corrected chi connectivity index (χ4v) is 8.78. The van der Waals surface area contributed by atoms with Gasteiger partial charge >= 0.3 is 21.6 Å². The zero-order chi connectivity index (χ0) is 39.2. The van der Waals surface area contributed by atoms with Crippen molar-refractivity contribution in [1.29, 1.82) is 0 Å². The predicted molar refractivity (Wildman–Crippen MR) is 186 cm³/mol. The van der Waals surface area contributed by atoms with E-state index < -0.39 is 70.7 Å². The van der Waals surface area contributed by atoms with Crippen molar-refractivity contribution < 1.29 is 65.9 Å². The molecule has 4 aliphatic heterocycles. The molecule has 0 bridgehead atoms. The van der Waals surface area contributed by atoms with Crippen LogP contribution < -0.4 is 11.1 Å². The molecular weight excluding hydrogens is 842 g/mol. The lowest BCUT2D eigenvalue weighted by atomic mass is 10.1. The molecule has 0 saturated carbocycles. The Balaban J connectivity index is 0.000000178. The highest BCUT2D eigenvalue weighted by molar-refractivity contribution is 9.10. The molecule has 4 aliphatic rings. The highest BCUT2D eigenvalue weighted by Crippen LogP contribution is 2.54.